The van der Waals surface area contributed by atoms with E-state index in [0.29, 0.717) is 37.3 Å². The number of aromatic nitrogens is 2. The molecule has 0 N–H and O–H groups in total. The highest BCUT2D eigenvalue weighted by Crippen LogP contribution is 2.27. The summed E-state index contributed by atoms with van der Waals surface area (Å²) in [6, 6.07) is 18.5. The number of piperidine rings is 2. The van der Waals surface area contributed by atoms with Crippen molar-refractivity contribution in [3.8, 4) is 0 Å². The molecule has 34 heavy (non-hydrogen) atoms. The van der Waals surface area contributed by atoms with Gasteiger partial charge in [-0.3, -0.25) is 9.59 Å². The van der Waals surface area contributed by atoms with Crippen LogP contribution < -0.4 is 10.5 Å². The predicted molar refractivity (Wildman–Crippen MR) is 136 cm³/mol. The predicted octanol–water partition coefficient (Wildman–Crippen LogP) is 4.11. The lowest BCUT2D eigenvalue weighted by atomic mass is 9.88. The number of fused-ring (bicyclic) bond motifs is 1. The topological polar surface area (TPSA) is 58.4 Å². The average Bonchev–Trinajstić information content (AvgIpc) is 2.89. The summed E-state index contributed by atoms with van der Waals surface area (Å²) in [6.07, 6.45) is 4.83. The number of carbonyl (C=O) groups is 1. The number of amides is 1. The molecule has 2 aliphatic rings. The molecule has 2 saturated heterocycles. The monoisotopic (exact) mass is 458 g/mol. The molecule has 0 spiro atoms. The van der Waals surface area contributed by atoms with Crippen molar-refractivity contribution >= 4 is 22.8 Å². The maximum Gasteiger partial charge on any atom is 0.293 e. The molecule has 0 radical (unpaired) electrons. The summed E-state index contributed by atoms with van der Waals surface area (Å²) >= 11 is 0. The van der Waals surface area contributed by atoms with Crippen LogP contribution in [-0.4, -0.2) is 46.5 Å². The summed E-state index contributed by atoms with van der Waals surface area (Å²) in [5, 5.41) is 0. The van der Waals surface area contributed by atoms with Gasteiger partial charge in [-0.2, -0.15) is 0 Å². The van der Waals surface area contributed by atoms with E-state index < -0.39 is 0 Å². The summed E-state index contributed by atoms with van der Waals surface area (Å²) in [4.78, 5) is 35.2. The van der Waals surface area contributed by atoms with Gasteiger partial charge in [0.2, 0.25) is 5.91 Å². The van der Waals surface area contributed by atoms with E-state index in [0.717, 1.165) is 56.2 Å². The standard InChI is InChI=1S/C28H34N4O2/c1-2-32-25-11-7-6-10-24(25)29-26(28(32)34)30-18-14-23(15-19-30)27(33)31-16-12-22(13-17-31)20-21-8-4-3-5-9-21/h3-11,22-23H,2,12-20H2,1H3. The van der Waals surface area contributed by atoms with Crippen LogP contribution in [0.4, 0.5) is 5.82 Å². The zero-order valence-corrected chi connectivity index (χ0v) is 20.0. The third-order valence-corrected chi connectivity index (χ3v) is 7.59. The molecule has 1 amide bonds. The van der Waals surface area contributed by atoms with Gasteiger partial charge in [-0.25, -0.2) is 4.98 Å². The van der Waals surface area contributed by atoms with Crippen molar-refractivity contribution in [2.45, 2.75) is 45.6 Å². The summed E-state index contributed by atoms with van der Waals surface area (Å²) in [5.74, 6) is 1.53. The minimum Gasteiger partial charge on any atom is -0.352 e. The fourth-order valence-corrected chi connectivity index (χ4v) is 5.60. The summed E-state index contributed by atoms with van der Waals surface area (Å²) in [6.45, 7) is 5.74. The van der Waals surface area contributed by atoms with E-state index in [1.54, 1.807) is 4.57 Å². The van der Waals surface area contributed by atoms with E-state index in [-0.39, 0.29) is 11.5 Å². The van der Waals surface area contributed by atoms with Crippen molar-refractivity contribution in [3.63, 3.8) is 0 Å². The lowest BCUT2D eigenvalue weighted by Gasteiger charge is -2.37. The highest BCUT2D eigenvalue weighted by atomic mass is 16.2. The van der Waals surface area contributed by atoms with Crippen molar-refractivity contribution in [2.24, 2.45) is 11.8 Å². The molecule has 178 valence electrons. The molecular weight excluding hydrogens is 424 g/mol. The quantitative estimate of drug-likeness (QED) is 0.577. The molecule has 6 nitrogen and oxygen atoms in total. The molecule has 1 aromatic heterocycles. The number of aryl methyl sites for hydroxylation is 1. The number of likely N-dealkylation sites (tertiary alicyclic amines) is 1. The Kier molecular flexibility index (Phi) is 6.66. The molecule has 3 heterocycles. The number of hydrogen-bond acceptors (Lipinski definition) is 4. The van der Waals surface area contributed by atoms with E-state index in [1.807, 2.05) is 31.2 Å². The van der Waals surface area contributed by atoms with Gasteiger partial charge >= 0.3 is 0 Å². The van der Waals surface area contributed by atoms with Gasteiger partial charge in [-0.1, -0.05) is 42.5 Å². The third kappa shape index (κ3) is 4.59. The number of nitrogens with zero attached hydrogens (tertiary/aromatic N) is 4. The first-order chi connectivity index (χ1) is 16.6. The minimum absolute atomic E-state index is 0.0357. The van der Waals surface area contributed by atoms with Crippen molar-refractivity contribution in [1.82, 2.24) is 14.5 Å². The summed E-state index contributed by atoms with van der Waals surface area (Å²) in [5.41, 5.74) is 3.07. The van der Waals surface area contributed by atoms with Gasteiger partial charge in [0.15, 0.2) is 5.82 Å². The molecule has 2 fully saturated rings. The molecule has 0 saturated carbocycles. The Hall–Kier alpha value is -3.15. The van der Waals surface area contributed by atoms with Crippen LogP contribution in [0.3, 0.4) is 0 Å². The first-order valence-electron chi connectivity index (χ1n) is 12.7. The van der Waals surface area contributed by atoms with Gasteiger partial charge in [0.25, 0.3) is 5.56 Å². The number of benzene rings is 2. The Morgan fingerprint density at radius 2 is 1.59 bits per heavy atom. The van der Waals surface area contributed by atoms with E-state index >= 15 is 0 Å². The Morgan fingerprint density at radius 1 is 0.912 bits per heavy atom. The maximum atomic E-state index is 13.2. The second-order valence-electron chi connectivity index (χ2n) is 9.69. The van der Waals surface area contributed by atoms with Crippen LogP contribution in [0, 0.1) is 11.8 Å². The van der Waals surface area contributed by atoms with Crippen LogP contribution >= 0.6 is 0 Å². The Bertz CT molecular complexity index is 1190. The summed E-state index contributed by atoms with van der Waals surface area (Å²) < 4.78 is 1.80. The second kappa shape index (κ2) is 10.00. The van der Waals surface area contributed by atoms with Crippen LogP contribution in [0.2, 0.25) is 0 Å². The molecule has 5 rings (SSSR count). The highest BCUT2D eigenvalue weighted by Gasteiger charge is 2.32. The van der Waals surface area contributed by atoms with Gasteiger partial charge in [0.1, 0.15) is 0 Å². The van der Waals surface area contributed by atoms with E-state index in [2.05, 4.69) is 40.1 Å². The molecule has 2 aromatic carbocycles. The zero-order valence-electron chi connectivity index (χ0n) is 20.0. The van der Waals surface area contributed by atoms with Gasteiger partial charge < -0.3 is 14.4 Å². The number of anilines is 1. The van der Waals surface area contributed by atoms with Crippen molar-refractivity contribution in [3.05, 3.63) is 70.5 Å². The Labute approximate surface area is 201 Å². The smallest absolute Gasteiger partial charge is 0.293 e. The first kappa shape index (κ1) is 22.6. The van der Waals surface area contributed by atoms with Crippen LogP contribution in [0.25, 0.3) is 11.0 Å². The van der Waals surface area contributed by atoms with E-state index in [4.69, 9.17) is 4.98 Å². The Morgan fingerprint density at radius 3 is 2.29 bits per heavy atom. The average molecular weight is 459 g/mol. The summed E-state index contributed by atoms with van der Waals surface area (Å²) in [7, 11) is 0. The lowest BCUT2D eigenvalue weighted by Crippen LogP contribution is -2.46. The van der Waals surface area contributed by atoms with Crippen LogP contribution in [0.5, 0.6) is 0 Å². The maximum absolute atomic E-state index is 13.2. The number of rotatable bonds is 5. The van der Waals surface area contributed by atoms with Gasteiger partial charge in [-0.15, -0.1) is 0 Å². The minimum atomic E-state index is -0.0357. The molecule has 2 aliphatic heterocycles. The van der Waals surface area contributed by atoms with E-state index in [1.165, 1.54) is 5.56 Å². The third-order valence-electron chi connectivity index (χ3n) is 7.59. The fourth-order valence-electron chi connectivity index (χ4n) is 5.60. The Balaban J connectivity index is 1.19. The fraction of sp³-hybridized carbons (Fsp3) is 0.464. The zero-order chi connectivity index (χ0) is 23.5. The normalized spacial score (nSPS) is 17.9. The number of hydrogen-bond donors (Lipinski definition) is 0. The van der Waals surface area contributed by atoms with Crippen LogP contribution in [0.1, 0.15) is 38.2 Å². The highest BCUT2D eigenvalue weighted by molar-refractivity contribution is 5.79. The molecule has 6 heteroatoms. The molecule has 3 aromatic rings. The van der Waals surface area contributed by atoms with Crippen molar-refractivity contribution < 1.29 is 4.79 Å². The molecule has 0 bridgehead atoms. The van der Waals surface area contributed by atoms with E-state index in [9.17, 15) is 9.59 Å². The number of carbonyl (C=O) groups excluding carboxylic acids is 1. The molecule has 0 unspecified atom stereocenters. The van der Waals surface area contributed by atoms with Gasteiger partial charge in [-0.05, 0) is 62.6 Å². The first-order valence-corrected chi connectivity index (χ1v) is 12.7. The molecule has 0 aliphatic carbocycles. The SMILES string of the molecule is CCn1c(=O)c(N2CCC(C(=O)N3CCC(Cc4ccccc4)CC3)CC2)nc2ccccc21. The van der Waals surface area contributed by atoms with Crippen LogP contribution in [-0.2, 0) is 17.8 Å². The van der Waals surface area contributed by atoms with Crippen molar-refractivity contribution in [2.75, 3.05) is 31.1 Å². The lowest BCUT2D eigenvalue weighted by molar-refractivity contribution is -0.137. The molecule has 0 atom stereocenters. The van der Waals surface area contributed by atoms with Gasteiger partial charge in [0, 0.05) is 38.6 Å². The second-order valence-corrected chi connectivity index (χ2v) is 9.69. The largest absolute Gasteiger partial charge is 0.352 e. The molecular formula is C28H34N4O2. The van der Waals surface area contributed by atoms with Crippen LogP contribution in [0.15, 0.2) is 59.4 Å². The van der Waals surface area contributed by atoms with Gasteiger partial charge in [0.05, 0.1) is 11.0 Å². The van der Waals surface area contributed by atoms with Crippen molar-refractivity contribution in [1.29, 1.82) is 0 Å². The number of para-hydroxylation sites is 2.